The first-order chi connectivity index (χ1) is 13.2. The molecule has 0 aliphatic carbocycles. The first-order valence-electron chi connectivity index (χ1n) is 7.88. The molecular formula is C17H13F4N3O3S. The van der Waals surface area contributed by atoms with Gasteiger partial charge in [-0.05, 0) is 17.7 Å². The Bertz CT molecular complexity index is 1050. The summed E-state index contributed by atoms with van der Waals surface area (Å²) < 4.78 is 83.9. The monoisotopic (exact) mass is 415 g/mol. The molecule has 0 saturated carbocycles. The summed E-state index contributed by atoms with van der Waals surface area (Å²) in [6.45, 7) is 0. The minimum absolute atomic E-state index is 0.268. The Morgan fingerprint density at radius 3 is 2.29 bits per heavy atom. The fourth-order valence-corrected chi connectivity index (χ4v) is 3.96. The van der Waals surface area contributed by atoms with Crippen LogP contribution < -0.4 is 4.72 Å². The summed E-state index contributed by atoms with van der Waals surface area (Å²) in [5.41, 5.74) is -0.0165. The predicted octanol–water partition coefficient (Wildman–Crippen LogP) is 3.95. The Labute approximate surface area is 157 Å². The Hall–Kier alpha value is -2.95. The van der Waals surface area contributed by atoms with Crippen LogP contribution in [0.1, 0.15) is 22.5 Å². The summed E-state index contributed by atoms with van der Waals surface area (Å²) in [4.78, 5) is 3.22. The molecule has 0 saturated heterocycles. The molecule has 3 rings (SSSR count). The molecule has 28 heavy (non-hydrogen) atoms. The second-order valence-corrected chi connectivity index (χ2v) is 7.61. The number of para-hydroxylation sites is 1. The van der Waals surface area contributed by atoms with Crippen LogP contribution in [0.3, 0.4) is 0 Å². The smallest absolute Gasteiger partial charge is 0.329 e. The lowest BCUT2D eigenvalue weighted by atomic mass is 10.1. The molecule has 6 nitrogen and oxygen atoms in total. The molecule has 0 fully saturated rings. The maximum atomic E-state index is 13.9. The Kier molecular flexibility index (Phi) is 5.36. The highest BCUT2D eigenvalue weighted by Gasteiger charge is 2.39. The molecule has 1 N–H and O–H groups in total. The topological polar surface area (TPSA) is 85.1 Å². The van der Waals surface area contributed by atoms with E-state index in [2.05, 4.69) is 19.4 Å². The molecule has 0 aliphatic heterocycles. The molecule has 2 aromatic carbocycles. The van der Waals surface area contributed by atoms with Crippen molar-refractivity contribution in [3.63, 3.8) is 0 Å². The van der Waals surface area contributed by atoms with E-state index in [0.717, 1.165) is 6.07 Å². The number of halogens is 4. The van der Waals surface area contributed by atoms with E-state index in [1.54, 1.807) is 18.2 Å². The summed E-state index contributed by atoms with van der Waals surface area (Å²) in [6.07, 6.45) is -5.36. The summed E-state index contributed by atoms with van der Waals surface area (Å²) in [5.74, 6) is -2.81. The van der Waals surface area contributed by atoms with Crippen LogP contribution >= 0.6 is 0 Å². The number of nitrogens with one attached hydrogen (secondary N) is 1. The molecule has 0 bridgehead atoms. The molecule has 1 heterocycles. The van der Waals surface area contributed by atoms with E-state index in [4.69, 9.17) is 0 Å². The molecule has 0 aliphatic rings. The number of anilines is 1. The molecule has 148 valence electrons. The van der Waals surface area contributed by atoms with Crippen LogP contribution in [0, 0.1) is 5.82 Å². The van der Waals surface area contributed by atoms with E-state index in [1.807, 2.05) is 0 Å². The van der Waals surface area contributed by atoms with Crippen molar-refractivity contribution < 1.29 is 30.5 Å². The lowest BCUT2D eigenvalue weighted by molar-refractivity contribution is -0.159. The van der Waals surface area contributed by atoms with Gasteiger partial charge in [0.1, 0.15) is 11.1 Å². The molecule has 11 heteroatoms. The van der Waals surface area contributed by atoms with Crippen LogP contribution in [-0.4, -0.2) is 18.6 Å². The van der Waals surface area contributed by atoms with Gasteiger partial charge in [-0.1, -0.05) is 47.6 Å². The van der Waals surface area contributed by atoms with Crippen molar-refractivity contribution in [2.75, 3.05) is 4.72 Å². The largest absolute Gasteiger partial charge is 0.471 e. The standard InChI is InChI=1S/C17H13F4N3O3S/c18-12-8-4-5-9-13(12)24-28(25,26)14(11-6-2-1-3-7-11)10-15-22-16(27-23-15)17(19,20)21/h1-9,14,24H,10H2. The molecule has 0 amide bonds. The third-order valence-corrected chi connectivity index (χ3v) is 5.44. The van der Waals surface area contributed by atoms with Crippen LogP contribution in [0.5, 0.6) is 0 Å². The van der Waals surface area contributed by atoms with Gasteiger partial charge in [0.2, 0.25) is 10.0 Å². The number of aromatic nitrogens is 2. The van der Waals surface area contributed by atoms with Gasteiger partial charge in [-0.3, -0.25) is 4.72 Å². The molecular weight excluding hydrogens is 402 g/mol. The number of nitrogens with zero attached hydrogens (tertiary/aromatic N) is 2. The number of hydrogen-bond acceptors (Lipinski definition) is 5. The van der Waals surface area contributed by atoms with Gasteiger partial charge >= 0.3 is 12.1 Å². The van der Waals surface area contributed by atoms with E-state index >= 15 is 0 Å². The SMILES string of the molecule is O=S(=O)(Nc1ccccc1F)C(Cc1noc(C(F)(F)F)n1)c1ccccc1. The van der Waals surface area contributed by atoms with Crippen LogP contribution in [0.4, 0.5) is 23.2 Å². The van der Waals surface area contributed by atoms with Crippen molar-refractivity contribution in [3.8, 4) is 0 Å². The highest BCUT2D eigenvalue weighted by atomic mass is 32.2. The second-order valence-electron chi connectivity index (χ2n) is 5.74. The first kappa shape index (κ1) is 19.8. The minimum atomic E-state index is -4.85. The van der Waals surface area contributed by atoms with Crippen molar-refractivity contribution in [2.45, 2.75) is 17.8 Å². The second kappa shape index (κ2) is 7.58. The summed E-state index contributed by atoms with van der Waals surface area (Å²) >= 11 is 0. The van der Waals surface area contributed by atoms with E-state index in [0.29, 0.717) is 0 Å². The van der Waals surface area contributed by atoms with Gasteiger partial charge in [-0.15, -0.1) is 0 Å². The predicted molar refractivity (Wildman–Crippen MR) is 91.1 cm³/mol. The number of sulfonamides is 1. The van der Waals surface area contributed by atoms with Crippen molar-refractivity contribution in [3.05, 3.63) is 77.7 Å². The van der Waals surface area contributed by atoms with Gasteiger partial charge in [0.15, 0.2) is 5.82 Å². The molecule has 3 aromatic rings. The molecule has 1 unspecified atom stereocenters. The van der Waals surface area contributed by atoms with E-state index in [1.165, 1.54) is 30.3 Å². The van der Waals surface area contributed by atoms with Crippen molar-refractivity contribution >= 4 is 15.7 Å². The van der Waals surface area contributed by atoms with Crippen molar-refractivity contribution in [1.29, 1.82) is 0 Å². The van der Waals surface area contributed by atoms with E-state index < -0.39 is 45.4 Å². The highest BCUT2D eigenvalue weighted by Crippen LogP contribution is 2.31. The van der Waals surface area contributed by atoms with Gasteiger partial charge in [0.25, 0.3) is 0 Å². The Morgan fingerprint density at radius 1 is 1.04 bits per heavy atom. The zero-order chi connectivity index (χ0) is 20.4. The Morgan fingerprint density at radius 2 is 1.68 bits per heavy atom. The van der Waals surface area contributed by atoms with Gasteiger partial charge in [-0.25, -0.2) is 12.8 Å². The van der Waals surface area contributed by atoms with Crippen LogP contribution in [0.25, 0.3) is 0 Å². The highest BCUT2D eigenvalue weighted by molar-refractivity contribution is 7.92. The van der Waals surface area contributed by atoms with E-state index in [9.17, 15) is 26.0 Å². The quantitative estimate of drug-likeness (QED) is 0.616. The number of rotatable bonds is 6. The van der Waals surface area contributed by atoms with Crippen LogP contribution in [0.2, 0.25) is 0 Å². The van der Waals surface area contributed by atoms with Gasteiger partial charge in [-0.2, -0.15) is 18.2 Å². The third kappa shape index (κ3) is 4.47. The average Bonchev–Trinajstić information content (AvgIpc) is 3.11. The molecule has 1 aromatic heterocycles. The fraction of sp³-hybridized carbons (Fsp3) is 0.176. The minimum Gasteiger partial charge on any atom is -0.329 e. The van der Waals surface area contributed by atoms with Gasteiger partial charge < -0.3 is 4.52 Å². The fourth-order valence-electron chi connectivity index (χ4n) is 2.46. The number of benzene rings is 2. The maximum Gasteiger partial charge on any atom is 0.471 e. The molecule has 0 spiro atoms. The number of hydrogen-bond donors (Lipinski definition) is 1. The molecule has 0 radical (unpaired) electrons. The van der Waals surface area contributed by atoms with Gasteiger partial charge in [0.05, 0.1) is 5.69 Å². The lowest BCUT2D eigenvalue weighted by Crippen LogP contribution is -2.24. The van der Waals surface area contributed by atoms with Crippen molar-refractivity contribution in [2.24, 2.45) is 0 Å². The normalized spacial score (nSPS) is 13.3. The van der Waals surface area contributed by atoms with Crippen LogP contribution in [-0.2, 0) is 22.6 Å². The number of alkyl halides is 3. The zero-order valence-electron chi connectivity index (χ0n) is 14.0. The summed E-state index contributed by atoms with van der Waals surface area (Å²) in [5, 5.41) is 1.83. The third-order valence-electron chi connectivity index (χ3n) is 3.75. The lowest BCUT2D eigenvalue weighted by Gasteiger charge is -2.18. The molecule has 1 atom stereocenters. The van der Waals surface area contributed by atoms with Gasteiger partial charge in [0, 0.05) is 6.42 Å². The Balaban J connectivity index is 1.95. The average molecular weight is 415 g/mol. The van der Waals surface area contributed by atoms with Crippen LogP contribution in [0.15, 0.2) is 59.1 Å². The summed E-state index contributed by atoms with van der Waals surface area (Å²) in [6, 6.07) is 12.9. The first-order valence-corrected chi connectivity index (χ1v) is 9.42. The van der Waals surface area contributed by atoms with E-state index in [-0.39, 0.29) is 11.3 Å². The van der Waals surface area contributed by atoms with Crippen molar-refractivity contribution in [1.82, 2.24) is 10.1 Å². The summed E-state index contributed by atoms with van der Waals surface area (Å²) in [7, 11) is -4.27. The zero-order valence-corrected chi connectivity index (χ0v) is 14.8. The maximum absolute atomic E-state index is 13.9.